The lowest BCUT2D eigenvalue weighted by molar-refractivity contribution is -0.297. The van der Waals surface area contributed by atoms with Crippen molar-refractivity contribution in [3.8, 4) is 0 Å². The zero-order valence-corrected chi connectivity index (χ0v) is 14.1. The van der Waals surface area contributed by atoms with Crippen LogP contribution in [0.1, 0.15) is 41.5 Å². The molecule has 0 aromatic carbocycles. The molecular weight excluding hydrogens is 292 g/mol. The van der Waals surface area contributed by atoms with Crippen molar-refractivity contribution in [3.05, 3.63) is 0 Å². The maximum atomic E-state index is 12.0. The highest BCUT2D eigenvalue weighted by atomic mass is 16.8. The van der Waals surface area contributed by atoms with Crippen molar-refractivity contribution in [2.45, 2.75) is 53.0 Å². The first-order valence-electron chi connectivity index (χ1n) is 6.91. The van der Waals surface area contributed by atoms with Gasteiger partial charge >= 0.3 is 18.1 Å². The summed E-state index contributed by atoms with van der Waals surface area (Å²) in [4.78, 5) is 28.4. The number of carbonyl (C=O) groups excluding carboxylic acids is 2. The second-order valence-electron chi connectivity index (χ2n) is 6.79. The fourth-order valence-electron chi connectivity index (χ4n) is 1.33. The Bertz CT molecular complexity index is 389. The quantitative estimate of drug-likeness (QED) is 0.322. The molecule has 9 nitrogen and oxygen atoms in total. The number of hydrogen-bond donors (Lipinski definition) is 4. The molecule has 0 radical (unpaired) electrons. The Balaban J connectivity index is 5.33. The van der Waals surface area contributed by atoms with Crippen molar-refractivity contribution in [3.63, 3.8) is 0 Å². The van der Waals surface area contributed by atoms with Crippen LogP contribution in [-0.4, -0.2) is 36.8 Å². The van der Waals surface area contributed by atoms with E-state index in [0.717, 1.165) is 0 Å². The smallest absolute Gasteiger partial charge is 0.390 e. The van der Waals surface area contributed by atoms with Gasteiger partial charge in [0.2, 0.25) is 0 Å². The fourth-order valence-corrected chi connectivity index (χ4v) is 1.33. The summed E-state index contributed by atoms with van der Waals surface area (Å²) in [6.07, 6.45) is -1.92. The highest BCUT2D eigenvalue weighted by Gasteiger charge is 2.51. The Morgan fingerprint density at radius 3 is 1.95 bits per heavy atom. The Hall–Kier alpha value is -1.58. The van der Waals surface area contributed by atoms with Gasteiger partial charge in [-0.1, -0.05) is 20.8 Å². The van der Waals surface area contributed by atoms with Gasteiger partial charge in [-0.25, -0.2) is 9.59 Å². The number of hydroxylamine groups is 1. The summed E-state index contributed by atoms with van der Waals surface area (Å²) in [5, 5.41) is 2.60. The third-order valence-corrected chi connectivity index (χ3v) is 2.37. The average molecular weight is 320 g/mol. The van der Waals surface area contributed by atoms with Crippen LogP contribution in [0.4, 0.5) is 9.59 Å². The third-order valence-electron chi connectivity index (χ3n) is 2.37. The van der Waals surface area contributed by atoms with Crippen LogP contribution >= 0.6 is 0 Å². The summed E-state index contributed by atoms with van der Waals surface area (Å²) < 4.78 is 10.3. The molecular formula is C13H28N4O5. The molecule has 0 rings (SSSR count). The Labute approximate surface area is 131 Å². The SMILES string of the molecule is CC(C)(C)NC(=O)OC(NOCCN)(OC(N)=O)C(C)(C)C. The highest BCUT2D eigenvalue weighted by molar-refractivity contribution is 5.69. The molecule has 9 heteroatoms. The molecule has 0 fully saturated rings. The summed E-state index contributed by atoms with van der Waals surface area (Å²) in [7, 11) is 0. The van der Waals surface area contributed by atoms with Crippen LogP contribution in [0.3, 0.4) is 0 Å². The van der Waals surface area contributed by atoms with E-state index in [2.05, 4.69) is 10.8 Å². The van der Waals surface area contributed by atoms with E-state index in [-0.39, 0.29) is 13.2 Å². The van der Waals surface area contributed by atoms with Crippen LogP contribution in [0.5, 0.6) is 0 Å². The third kappa shape index (κ3) is 6.92. The number of nitrogens with two attached hydrogens (primary N) is 2. The molecule has 0 bridgehead atoms. The average Bonchev–Trinajstić information content (AvgIpc) is 2.23. The second-order valence-corrected chi connectivity index (χ2v) is 6.79. The predicted molar refractivity (Wildman–Crippen MR) is 80.4 cm³/mol. The molecule has 2 amide bonds. The minimum Gasteiger partial charge on any atom is -0.390 e. The maximum absolute atomic E-state index is 12.0. The number of ether oxygens (including phenoxy) is 2. The minimum atomic E-state index is -1.91. The van der Waals surface area contributed by atoms with Gasteiger partial charge in [0.25, 0.3) is 0 Å². The van der Waals surface area contributed by atoms with Gasteiger partial charge in [-0.3, -0.25) is 4.84 Å². The van der Waals surface area contributed by atoms with Crippen LogP contribution in [0.25, 0.3) is 0 Å². The summed E-state index contributed by atoms with van der Waals surface area (Å²) in [6.45, 7) is 10.7. The topological polar surface area (TPSA) is 138 Å². The van der Waals surface area contributed by atoms with E-state index in [0.29, 0.717) is 0 Å². The monoisotopic (exact) mass is 320 g/mol. The summed E-state index contributed by atoms with van der Waals surface area (Å²) in [6, 6.07) is 0. The molecule has 1 atom stereocenters. The molecule has 0 spiro atoms. The largest absolute Gasteiger partial charge is 0.411 e. The standard InChI is InChI=1S/C13H28N4O5/c1-11(2,3)13(21-9(15)18,17-20-8-7-14)22-10(19)16-12(4,5)6/h17H,7-8,14H2,1-6H3,(H2,15,18)(H,16,19). The van der Waals surface area contributed by atoms with Crippen molar-refractivity contribution >= 4 is 12.2 Å². The summed E-state index contributed by atoms with van der Waals surface area (Å²) in [5.41, 5.74) is 11.4. The van der Waals surface area contributed by atoms with Gasteiger partial charge in [-0.05, 0) is 20.8 Å². The van der Waals surface area contributed by atoms with Crippen molar-refractivity contribution in [2.24, 2.45) is 16.9 Å². The zero-order valence-electron chi connectivity index (χ0n) is 14.1. The zero-order chi connectivity index (χ0) is 17.6. The first-order valence-corrected chi connectivity index (χ1v) is 6.91. The molecule has 0 aromatic rings. The molecule has 0 aliphatic carbocycles. The Morgan fingerprint density at radius 1 is 1.05 bits per heavy atom. The van der Waals surface area contributed by atoms with E-state index in [1.165, 1.54) is 0 Å². The highest BCUT2D eigenvalue weighted by Crippen LogP contribution is 2.33. The van der Waals surface area contributed by atoms with Gasteiger partial charge in [0.05, 0.1) is 12.0 Å². The van der Waals surface area contributed by atoms with Gasteiger partial charge in [-0.15, -0.1) is 5.48 Å². The fraction of sp³-hybridized carbons (Fsp3) is 0.846. The normalized spacial score (nSPS) is 14.9. The van der Waals surface area contributed by atoms with Crippen LogP contribution < -0.4 is 22.3 Å². The molecule has 0 aromatic heterocycles. The number of alkyl carbamates (subject to hydrolysis) is 1. The van der Waals surface area contributed by atoms with Gasteiger partial charge in [0, 0.05) is 12.1 Å². The number of carbonyl (C=O) groups is 2. The van der Waals surface area contributed by atoms with E-state index >= 15 is 0 Å². The van der Waals surface area contributed by atoms with E-state index in [1.807, 2.05) is 0 Å². The predicted octanol–water partition coefficient (Wildman–Crippen LogP) is 0.786. The van der Waals surface area contributed by atoms with Gasteiger partial charge in [0.15, 0.2) is 0 Å². The lowest BCUT2D eigenvalue weighted by Crippen LogP contribution is -2.63. The first kappa shape index (κ1) is 20.4. The van der Waals surface area contributed by atoms with Gasteiger partial charge in [-0.2, -0.15) is 0 Å². The van der Waals surface area contributed by atoms with Crippen molar-refractivity contribution in [1.82, 2.24) is 10.8 Å². The second kappa shape index (κ2) is 7.61. The van der Waals surface area contributed by atoms with E-state index in [4.69, 9.17) is 25.8 Å². The lowest BCUT2D eigenvalue weighted by Gasteiger charge is -2.41. The molecule has 22 heavy (non-hydrogen) atoms. The lowest BCUT2D eigenvalue weighted by atomic mass is 9.91. The number of primary amides is 1. The van der Waals surface area contributed by atoms with Gasteiger partial charge < -0.3 is 26.3 Å². The molecule has 0 aliphatic rings. The van der Waals surface area contributed by atoms with Crippen molar-refractivity contribution in [2.75, 3.05) is 13.2 Å². The van der Waals surface area contributed by atoms with Crippen LogP contribution in [0, 0.1) is 5.41 Å². The van der Waals surface area contributed by atoms with Crippen LogP contribution in [0.15, 0.2) is 0 Å². The Kier molecular flexibility index (Phi) is 7.07. The molecule has 6 N–H and O–H groups in total. The molecule has 0 heterocycles. The maximum Gasteiger partial charge on any atom is 0.411 e. The molecule has 0 saturated heterocycles. The van der Waals surface area contributed by atoms with Crippen molar-refractivity contribution in [1.29, 1.82) is 0 Å². The molecule has 130 valence electrons. The van der Waals surface area contributed by atoms with E-state index < -0.39 is 29.1 Å². The summed E-state index contributed by atoms with van der Waals surface area (Å²) in [5.74, 6) is -1.91. The Morgan fingerprint density at radius 2 is 1.59 bits per heavy atom. The molecule has 1 unspecified atom stereocenters. The van der Waals surface area contributed by atoms with Crippen molar-refractivity contribution < 1.29 is 23.9 Å². The molecule has 0 aliphatic heterocycles. The minimum absolute atomic E-state index is 0.115. The number of hydrogen-bond acceptors (Lipinski definition) is 7. The first-order chi connectivity index (χ1) is 9.83. The van der Waals surface area contributed by atoms with Crippen LogP contribution in [0.2, 0.25) is 0 Å². The summed E-state index contributed by atoms with van der Waals surface area (Å²) >= 11 is 0. The number of rotatable bonds is 6. The van der Waals surface area contributed by atoms with Crippen LogP contribution in [-0.2, 0) is 14.3 Å². The van der Waals surface area contributed by atoms with E-state index in [1.54, 1.807) is 41.5 Å². The van der Waals surface area contributed by atoms with E-state index in [9.17, 15) is 9.59 Å². The van der Waals surface area contributed by atoms with Gasteiger partial charge in [0.1, 0.15) is 0 Å². The number of amides is 2. The molecule has 0 saturated carbocycles. The number of nitrogens with one attached hydrogen (secondary N) is 2.